The van der Waals surface area contributed by atoms with E-state index in [0.717, 1.165) is 27.6 Å². The lowest BCUT2D eigenvalue weighted by molar-refractivity contribution is 0.0928. The highest BCUT2D eigenvalue weighted by Gasteiger charge is 2.13. The Balaban J connectivity index is 1.55. The summed E-state index contributed by atoms with van der Waals surface area (Å²) in [6.07, 6.45) is 2.26. The van der Waals surface area contributed by atoms with Gasteiger partial charge in [-0.1, -0.05) is 12.1 Å². The Hall–Kier alpha value is -3.08. The van der Waals surface area contributed by atoms with Gasteiger partial charge in [-0.25, -0.2) is 4.98 Å². The first-order chi connectivity index (χ1) is 11.7. The van der Waals surface area contributed by atoms with E-state index >= 15 is 0 Å². The molecule has 0 aliphatic heterocycles. The van der Waals surface area contributed by atoms with Crippen molar-refractivity contribution in [3.8, 4) is 0 Å². The zero-order valence-electron chi connectivity index (χ0n) is 13.2. The van der Waals surface area contributed by atoms with Gasteiger partial charge in [-0.15, -0.1) is 0 Å². The van der Waals surface area contributed by atoms with E-state index in [2.05, 4.69) is 10.3 Å². The smallest absolute Gasteiger partial charge is 0.287 e. The molecule has 1 aromatic carbocycles. The summed E-state index contributed by atoms with van der Waals surface area (Å²) < 4.78 is 10.9. The normalized spacial score (nSPS) is 11.2. The lowest BCUT2D eigenvalue weighted by Crippen LogP contribution is -2.25. The molecule has 0 radical (unpaired) electrons. The zero-order valence-corrected chi connectivity index (χ0v) is 13.2. The maximum absolute atomic E-state index is 12.2. The number of carbonyl (C=O) groups is 1. The number of nitrogens with zero attached hydrogens (tertiary/aromatic N) is 1. The van der Waals surface area contributed by atoms with E-state index in [9.17, 15) is 4.79 Å². The van der Waals surface area contributed by atoms with Crippen molar-refractivity contribution in [2.75, 3.05) is 6.54 Å². The molecule has 0 aliphatic rings. The van der Waals surface area contributed by atoms with Crippen LogP contribution in [0.5, 0.6) is 0 Å². The van der Waals surface area contributed by atoms with E-state index in [0.29, 0.717) is 18.7 Å². The second kappa shape index (κ2) is 5.85. The van der Waals surface area contributed by atoms with E-state index in [1.165, 1.54) is 0 Å². The quantitative estimate of drug-likeness (QED) is 0.620. The van der Waals surface area contributed by atoms with Crippen LogP contribution in [0.2, 0.25) is 0 Å². The number of fused-ring (bicyclic) bond motifs is 2. The van der Waals surface area contributed by atoms with Gasteiger partial charge in [-0.2, -0.15) is 0 Å². The van der Waals surface area contributed by atoms with E-state index in [-0.39, 0.29) is 11.7 Å². The van der Waals surface area contributed by atoms with Crippen LogP contribution < -0.4 is 5.32 Å². The van der Waals surface area contributed by atoms with Crippen LogP contribution in [0, 0.1) is 6.92 Å². The average molecular weight is 320 g/mol. The second-order valence-corrected chi connectivity index (χ2v) is 5.77. The van der Waals surface area contributed by atoms with Crippen LogP contribution in [-0.2, 0) is 6.42 Å². The molecule has 0 aliphatic carbocycles. The molecule has 120 valence electrons. The fourth-order valence-corrected chi connectivity index (χ4v) is 2.69. The van der Waals surface area contributed by atoms with Gasteiger partial charge in [0.05, 0.1) is 11.8 Å². The van der Waals surface area contributed by atoms with Gasteiger partial charge in [-0.3, -0.25) is 4.79 Å². The maximum atomic E-state index is 12.2. The molecule has 5 heteroatoms. The summed E-state index contributed by atoms with van der Waals surface area (Å²) in [7, 11) is 0. The largest absolute Gasteiger partial charge is 0.469 e. The summed E-state index contributed by atoms with van der Waals surface area (Å²) >= 11 is 0. The summed E-state index contributed by atoms with van der Waals surface area (Å²) in [5.41, 5.74) is 2.47. The average Bonchev–Trinajstić information content (AvgIpc) is 3.21. The zero-order chi connectivity index (χ0) is 16.5. The predicted molar refractivity (Wildman–Crippen MR) is 91.0 cm³/mol. The van der Waals surface area contributed by atoms with Crippen molar-refractivity contribution in [1.82, 2.24) is 10.3 Å². The Bertz CT molecular complexity index is 1020. The highest BCUT2D eigenvalue weighted by molar-refractivity contribution is 5.98. The van der Waals surface area contributed by atoms with Crippen molar-refractivity contribution in [2.24, 2.45) is 0 Å². The topological polar surface area (TPSA) is 68.3 Å². The van der Waals surface area contributed by atoms with Crippen molar-refractivity contribution in [3.05, 3.63) is 65.8 Å². The molecule has 0 bridgehead atoms. The molecular formula is C19H16N2O3. The Kier molecular flexibility index (Phi) is 3.54. The highest BCUT2D eigenvalue weighted by atomic mass is 16.4. The van der Waals surface area contributed by atoms with Gasteiger partial charge in [0.15, 0.2) is 5.76 Å². The number of hydrogen-bond donors (Lipinski definition) is 1. The number of pyridine rings is 1. The van der Waals surface area contributed by atoms with E-state index in [4.69, 9.17) is 8.83 Å². The molecule has 0 fully saturated rings. The summed E-state index contributed by atoms with van der Waals surface area (Å²) in [6.45, 7) is 2.50. The fourth-order valence-electron chi connectivity index (χ4n) is 2.69. The molecule has 0 spiro atoms. The third-order valence-electron chi connectivity index (χ3n) is 3.92. The number of furan rings is 2. The second-order valence-electron chi connectivity index (χ2n) is 5.77. The van der Waals surface area contributed by atoms with Crippen molar-refractivity contribution in [3.63, 3.8) is 0 Å². The standard InChI is InChI=1S/C19H16N2O3/c1-12-4-5-13-10-14-11-17(24-19(14)21-16(13)9-12)18(22)20-7-6-15-3-2-8-23-15/h2-5,8-11H,6-7H2,1H3,(H,20,22). The first kappa shape index (κ1) is 14.5. The molecule has 3 aromatic heterocycles. The number of amides is 1. The van der Waals surface area contributed by atoms with Crippen LogP contribution in [0.1, 0.15) is 21.9 Å². The van der Waals surface area contributed by atoms with Crippen LogP contribution in [0.25, 0.3) is 22.0 Å². The lowest BCUT2D eigenvalue weighted by Gasteiger charge is -2.00. The van der Waals surface area contributed by atoms with Crippen LogP contribution in [-0.4, -0.2) is 17.4 Å². The number of aryl methyl sites for hydroxylation is 1. The molecule has 24 heavy (non-hydrogen) atoms. The monoisotopic (exact) mass is 320 g/mol. The molecule has 0 saturated carbocycles. The van der Waals surface area contributed by atoms with Gasteiger partial charge in [0.1, 0.15) is 5.76 Å². The molecule has 1 amide bonds. The number of nitrogens with one attached hydrogen (secondary N) is 1. The molecule has 5 nitrogen and oxygen atoms in total. The summed E-state index contributed by atoms with van der Waals surface area (Å²) in [6, 6.07) is 13.5. The van der Waals surface area contributed by atoms with E-state index in [1.54, 1.807) is 12.3 Å². The molecule has 0 saturated heterocycles. The number of rotatable bonds is 4. The predicted octanol–water partition coefficient (Wildman–Crippen LogP) is 3.85. The number of hydrogen-bond acceptors (Lipinski definition) is 4. The lowest BCUT2D eigenvalue weighted by atomic mass is 10.1. The van der Waals surface area contributed by atoms with Crippen molar-refractivity contribution >= 4 is 27.9 Å². The van der Waals surface area contributed by atoms with Gasteiger partial charge in [0.25, 0.3) is 5.91 Å². The highest BCUT2D eigenvalue weighted by Crippen LogP contribution is 2.23. The van der Waals surface area contributed by atoms with Crippen LogP contribution in [0.4, 0.5) is 0 Å². The Morgan fingerprint density at radius 1 is 1.17 bits per heavy atom. The molecular weight excluding hydrogens is 304 g/mol. The van der Waals surface area contributed by atoms with Gasteiger partial charge >= 0.3 is 0 Å². The molecule has 3 heterocycles. The Morgan fingerprint density at radius 2 is 2.08 bits per heavy atom. The first-order valence-electron chi connectivity index (χ1n) is 7.80. The molecule has 0 unspecified atom stereocenters. The number of carbonyl (C=O) groups excluding carboxylic acids is 1. The summed E-state index contributed by atoms with van der Waals surface area (Å²) in [5, 5.41) is 4.68. The molecule has 0 atom stereocenters. The van der Waals surface area contributed by atoms with E-state index < -0.39 is 0 Å². The van der Waals surface area contributed by atoms with Gasteiger partial charge < -0.3 is 14.2 Å². The van der Waals surface area contributed by atoms with Gasteiger partial charge in [0, 0.05) is 23.7 Å². The Morgan fingerprint density at radius 3 is 2.92 bits per heavy atom. The maximum Gasteiger partial charge on any atom is 0.287 e. The Labute approximate surface area is 138 Å². The number of aromatic nitrogens is 1. The molecule has 4 rings (SSSR count). The van der Waals surface area contributed by atoms with Gasteiger partial charge in [-0.05, 0) is 42.8 Å². The number of benzene rings is 1. The van der Waals surface area contributed by atoms with Crippen molar-refractivity contribution in [2.45, 2.75) is 13.3 Å². The van der Waals surface area contributed by atoms with Crippen molar-refractivity contribution in [1.29, 1.82) is 0 Å². The minimum Gasteiger partial charge on any atom is -0.469 e. The SMILES string of the molecule is Cc1ccc2cc3cc(C(=O)NCCc4ccco4)oc3nc2c1. The van der Waals surface area contributed by atoms with Gasteiger partial charge in [0.2, 0.25) is 5.71 Å². The van der Waals surface area contributed by atoms with Crippen molar-refractivity contribution < 1.29 is 13.6 Å². The summed E-state index contributed by atoms with van der Waals surface area (Å²) in [5.74, 6) is 0.854. The first-order valence-corrected chi connectivity index (χ1v) is 7.80. The minimum atomic E-state index is -0.250. The minimum absolute atomic E-state index is 0.250. The molecule has 4 aromatic rings. The third-order valence-corrected chi connectivity index (χ3v) is 3.92. The summed E-state index contributed by atoms with van der Waals surface area (Å²) in [4.78, 5) is 16.7. The molecule has 1 N–H and O–H groups in total. The van der Waals surface area contributed by atoms with Crippen LogP contribution in [0.3, 0.4) is 0 Å². The van der Waals surface area contributed by atoms with Crippen LogP contribution in [0.15, 0.2) is 57.6 Å². The van der Waals surface area contributed by atoms with Crippen LogP contribution >= 0.6 is 0 Å². The fraction of sp³-hybridized carbons (Fsp3) is 0.158. The third kappa shape index (κ3) is 2.76. The van der Waals surface area contributed by atoms with E-state index in [1.807, 2.05) is 43.3 Å².